The molecule has 1 atom stereocenters. The van der Waals surface area contributed by atoms with Gasteiger partial charge >= 0.3 is 0 Å². The average molecular weight is 339 g/mol. The standard InChI is InChI=1S/C16H25N3O3S/c1-4-13-5-6-14(17-9-13)10-19(3)16(20)11-18(2)15-7-8-23(21,22)12-15/h5-6,9,15H,4,7-8,10-12H2,1-3H3. The summed E-state index contributed by atoms with van der Waals surface area (Å²) in [7, 11) is 0.630. The fourth-order valence-electron chi connectivity index (χ4n) is 2.68. The van der Waals surface area contributed by atoms with Crippen molar-refractivity contribution in [2.24, 2.45) is 0 Å². The van der Waals surface area contributed by atoms with Crippen LogP contribution < -0.4 is 0 Å². The van der Waals surface area contributed by atoms with Crippen LogP contribution in [-0.2, 0) is 27.6 Å². The molecule has 6 nitrogen and oxygen atoms in total. The van der Waals surface area contributed by atoms with Crippen molar-refractivity contribution in [3.63, 3.8) is 0 Å². The molecule has 23 heavy (non-hydrogen) atoms. The van der Waals surface area contributed by atoms with E-state index < -0.39 is 9.84 Å². The number of carbonyl (C=O) groups excluding carboxylic acids is 1. The number of likely N-dealkylation sites (N-methyl/N-ethyl adjacent to an activating group) is 2. The van der Waals surface area contributed by atoms with Crippen molar-refractivity contribution < 1.29 is 13.2 Å². The van der Waals surface area contributed by atoms with Crippen molar-refractivity contribution in [2.75, 3.05) is 32.1 Å². The Kier molecular flexibility index (Phi) is 5.75. The van der Waals surface area contributed by atoms with Crippen LogP contribution in [0.15, 0.2) is 18.3 Å². The quantitative estimate of drug-likeness (QED) is 0.764. The molecule has 128 valence electrons. The van der Waals surface area contributed by atoms with Crippen LogP contribution in [-0.4, -0.2) is 67.3 Å². The van der Waals surface area contributed by atoms with Crippen molar-refractivity contribution in [2.45, 2.75) is 32.4 Å². The lowest BCUT2D eigenvalue weighted by atomic mass is 10.2. The van der Waals surface area contributed by atoms with Gasteiger partial charge in [0.15, 0.2) is 9.84 Å². The first-order valence-electron chi connectivity index (χ1n) is 7.89. The maximum atomic E-state index is 12.3. The SMILES string of the molecule is CCc1ccc(CN(C)C(=O)CN(C)C2CCS(=O)(=O)C2)nc1. The minimum Gasteiger partial charge on any atom is -0.339 e. The summed E-state index contributed by atoms with van der Waals surface area (Å²) in [5, 5.41) is 0. The molecule has 0 saturated carbocycles. The fourth-order valence-corrected chi connectivity index (χ4v) is 4.48. The second-order valence-electron chi connectivity index (χ2n) is 6.23. The summed E-state index contributed by atoms with van der Waals surface area (Å²) < 4.78 is 23.1. The first-order valence-corrected chi connectivity index (χ1v) is 9.71. The Bertz CT molecular complexity index is 643. The zero-order chi connectivity index (χ0) is 17.0. The molecule has 0 aliphatic carbocycles. The van der Waals surface area contributed by atoms with Gasteiger partial charge in [-0.25, -0.2) is 8.42 Å². The summed E-state index contributed by atoms with van der Waals surface area (Å²) in [6.07, 6.45) is 3.39. The van der Waals surface area contributed by atoms with E-state index in [-0.39, 0.29) is 30.0 Å². The molecule has 2 rings (SSSR count). The van der Waals surface area contributed by atoms with E-state index in [1.54, 1.807) is 11.9 Å². The van der Waals surface area contributed by atoms with E-state index in [2.05, 4.69) is 11.9 Å². The smallest absolute Gasteiger partial charge is 0.236 e. The van der Waals surface area contributed by atoms with Gasteiger partial charge in [-0.2, -0.15) is 0 Å². The number of pyridine rings is 1. The van der Waals surface area contributed by atoms with E-state index in [9.17, 15) is 13.2 Å². The first-order chi connectivity index (χ1) is 10.8. The molecule has 1 aliphatic heterocycles. The van der Waals surface area contributed by atoms with Gasteiger partial charge in [-0.1, -0.05) is 13.0 Å². The summed E-state index contributed by atoms with van der Waals surface area (Å²) in [6, 6.07) is 3.91. The Morgan fingerprint density at radius 2 is 2.09 bits per heavy atom. The fraction of sp³-hybridized carbons (Fsp3) is 0.625. The highest BCUT2D eigenvalue weighted by Gasteiger charge is 2.31. The molecule has 0 radical (unpaired) electrons. The Hall–Kier alpha value is -1.47. The molecule has 1 fully saturated rings. The minimum absolute atomic E-state index is 0.0295. The van der Waals surface area contributed by atoms with Crippen LogP contribution in [0, 0.1) is 0 Å². The normalized spacial score (nSPS) is 19.9. The van der Waals surface area contributed by atoms with Gasteiger partial charge in [0, 0.05) is 19.3 Å². The predicted octanol–water partition coefficient (Wildman–Crippen LogP) is 0.721. The van der Waals surface area contributed by atoms with E-state index in [1.807, 2.05) is 30.3 Å². The van der Waals surface area contributed by atoms with Gasteiger partial charge in [0.25, 0.3) is 0 Å². The maximum absolute atomic E-state index is 12.3. The highest BCUT2D eigenvalue weighted by atomic mass is 32.2. The highest BCUT2D eigenvalue weighted by Crippen LogP contribution is 2.16. The third-order valence-electron chi connectivity index (χ3n) is 4.34. The molecule has 0 spiro atoms. The highest BCUT2D eigenvalue weighted by molar-refractivity contribution is 7.91. The second-order valence-corrected chi connectivity index (χ2v) is 8.46. The molecule has 0 N–H and O–H groups in total. The molecular formula is C16H25N3O3S. The molecular weight excluding hydrogens is 314 g/mol. The van der Waals surface area contributed by atoms with Crippen molar-refractivity contribution in [3.05, 3.63) is 29.6 Å². The van der Waals surface area contributed by atoms with Crippen LogP contribution in [0.3, 0.4) is 0 Å². The van der Waals surface area contributed by atoms with Gasteiger partial charge in [-0.15, -0.1) is 0 Å². The molecule has 1 aromatic heterocycles. The van der Waals surface area contributed by atoms with Crippen LogP contribution in [0.2, 0.25) is 0 Å². The molecule has 1 unspecified atom stereocenters. The summed E-state index contributed by atoms with van der Waals surface area (Å²) >= 11 is 0. The van der Waals surface area contributed by atoms with E-state index in [4.69, 9.17) is 0 Å². The lowest BCUT2D eigenvalue weighted by Gasteiger charge is -2.25. The molecule has 7 heteroatoms. The Labute approximate surface area is 138 Å². The van der Waals surface area contributed by atoms with Gasteiger partial charge in [-0.3, -0.25) is 14.7 Å². The van der Waals surface area contributed by atoms with Gasteiger partial charge in [0.1, 0.15) is 0 Å². The van der Waals surface area contributed by atoms with Crippen molar-refractivity contribution in [1.82, 2.24) is 14.8 Å². The predicted molar refractivity (Wildman–Crippen MR) is 89.8 cm³/mol. The van der Waals surface area contributed by atoms with Crippen molar-refractivity contribution >= 4 is 15.7 Å². The largest absolute Gasteiger partial charge is 0.339 e. The van der Waals surface area contributed by atoms with Gasteiger partial charge < -0.3 is 4.90 Å². The third-order valence-corrected chi connectivity index (χ3v) is 6.09. The number of sulfone groups is 1. The number of hydrogen-bond donors (Lipinski definition) is 0. The number of carbonyl (C=O) groups is 1. The van der Waals surface area contributed by atoms with E-state index >= 15 is 0 Å². The first kappa shape index (κ1) is 17.9. The maximum Gasteiger partial charge on any atom is 0.236 e. The van der Waals surface area contributed by atoms with Crippen LogP contribution in [0.25, 0.3) is 0 Å². The van der Waals surface area contributed by atoms with E-state index in [1.165, 1.54) is 5.56 Å². The van der Waals surface area contributed by atoms with Crippen molar-refractivity contribution in [3.8, 4) is 0 Å². The molecule has 0 bridgehead atoms. The average Bonchev–Trinajstić information content (AvgIpc) is 2.88. The van der Waals surface area contributed by atoms with Gasteiger partial charge in [-0.05, 0) is 31.5 Å². The zero-order valence-corrected chi connectivity index (χ0v) is 14.8. The number of rotatable bonds is 6. The van der Waals surface area contributed by atoms with Crippen LogP contribution in [0.5, 0.6) is 0 Å². The van der Waals surface area contributed by atoms with E-state index in [0.717, 1.165) is 12.1 Å². The number of nitrogens with zero attached hydrogens (tertiary/aromatic N) is 3. The molecule has 1 aromatic rings. The lowest BCUT2D eigenvalue weighted by molar-refractivity contribution is -0.131. The minimum atomic E-state index is -2.93. The van der Waals surface area contributed by atoms with E-state index in [0.29, 0.717) is 13.0 Å². The van der Waals surface area contributed by atoms with Crippen LogP contribution in [0.4, 0.5) is 0 Å². The van der Waals surface area contributed by atoms with Gasteiger partial charge in [0.2, 0.25) is 5.91 Å². The number of hydrogen-bond acceptors (Lipinski definition) is 5. The molecule has 2 heterocycles. The zero-order valence-electron chi connectivity index (χ0n) is 14.0. The summed E-state index contributed by atoms with van der Waals surface area (Å²) in [5.74, 6) is 0.346. The third kappa shape index (κ3) is 5.00. The van der Waals surface area contributed by atoms with Gasteiger partial charge in [0.05, 0.1) is 30.3 Å². The molecule has 0 aromatic carbocycles. The topological polar surface area (TPSA) is 70.6 Å². The number of amides is 1. The molecule has 1 saturated heterocycles. The summed E-state index contributed by atoms with van der Waals surface area (Å²) in [5.41, 5.74) is 2.02. The monoisotopic (exact) mass is 339 g/mol. The lowest BCUT2D eigenvalue weighted by Crippen LogP contribution is -2.41. The Balaban J connectivity index is 1.86. The van der Waals surface area contributed by atoms with Crippen LogP contribution in [0.1, 0.15) is 24.6 Å². The molecule has 1 aliphatic rings. The summed E-state index contributed by atoms with van der Waals surface area (Å²) in [6.45, 7) is 2.76. The van der Waals surface area contributed by atoms with Crippen molar-refractivity contribution in [1.29, 1.82) is 0 Å². The Morgan fingerprint density at radius 1 is 1.35 bits per heavy atom. The summed E-state index contributed by atoms with van der Waals surface area (Å²) in [4.78, 5) is 20.1. The second kappa shape index (κ2) is 7.40. The number of aryl methyl sites for hydroxylation is 1. The molecule has 1 amide bonds. The Morgan fingerprint density at radius 3 is 2.61 bits per heavy atom. The van der Waals surface area contributed by atoms with Crippen LogP contribution >= 0.6 is 0 Å². The number of aromatic nitrogens is 1.